The molecule has 3 rings (SSSR count). The highest BCUT2D eigenvalue weighted by Gasteiger charge is 2.22. The molecule has 1 aromatic carbocycles. The summed E-state index contributed by atoms with van der Waals surface area (Å²) in [7, 11) is 0. The fourth-order valence-corrected chi connectivity index (χ4v) is 2.93. The number of hydrogen-bond donors (Lipinski definition) is 2. The molecule has 0 aliphatic carbocycles. The number of nitrogens with two attached hydrogens (primary N) is 1. The summed E-state index contributed by atoms with van der Waals surface area (Å²) in [5.41, 5.74) is 9.72. The minimum Gasteiger partial charge on any atom is -0.398 e. The van der Waals surface area contributed by atoms with Crippen molar-refractivity contribution in [1.82, 2.24) is 5.16 Å². The van der Waals surface area contributed by atoms with Crippen LogP contribution in [0.15, 0.2) is 28.8 Å². The third-order valence-corrected chi connectivity index (χ3v) is 4.26. The minimum absolute atomic E-state index is 0. The molecular formula is C18H25ClN4O2. The van der Waals surface area contributed by atoms with E-state index in [1.165, 1.54) is 0 Å². The molecule has 2 heterocycles. The van der Waals surface area contributed by atoms with Gasteiger partial charge in [0.1, 0.15) is 0 Å². The van der Waals surface area contributed by atoms with Crippen molar-refractivity contribution in [3.05, 3.63) is 35.5 Å². The van der Waals surface area contributed by atoms with Gasteiger partial charge in [-0.05, 0) is 30.5 Å². The van der Waals surface area contributed by atoms with Gasteiger partial charge in [-0.2, -0.15) is 0 Å². The van der Waals surface area contributed by atoms with Gasteiger partial charge in [-0.3, -0.25) is 10.1 Å². The maximum atomic E-state index is 12.4. The summed E-state index contributed by atoms with van der Waals surface area (Å²) in [5, 5.41) is 6.80. The van der Waals surface area contributed by atoms with Crippen molar-refractivity contribution >= 4 is 35.6 Å². The van der Waals surface area contributed by atoms with Crippen LogP contribution < -0.4 is 16.0 Å². The van der Waals surface area contributed by atoms with Crippen molar-refractivity contribution in [2.75, 3.05) is 29.0 Å². The summed E-state index contributed by atoms with van der Waals surface area (Å²) in [6, 6.07) is 7.63. The number of carbonyl (C=O) groups is 1. The van der Waals surface area contributed by atoms with Crippen LogP contribution in [0.4, 0.5) is 17.3 Å². The molecule has 0 radical (unpaired) electrons. The number of nitrogen functional groups attached to an aromatic ring is 1. The molecule has 6 nitrogen and oxygen atoms in total. The summed E-state index contributed by atoms with van der Waals surface area (Å²) in [6.45, 7) is 7.25. The molecular weight excluding hydrogens is 340 g/mol. The van der Waals surface area contributed by atoms with E-state index in [-0.39, 0.29) is 30.3 Å². The molecule has 0 saturated heterocycles. The van der Waals surface area contributed by atoms with Crippen molar-refractivity contribution in [3.63, 3.8) is 0 Å². The predicted octanol–water partition coefficient (Wildman–Crippen LogP) is 3.37. The molecule has 1 aliphatic heterocycles. The number of nitrogens with one attached hydrogen (secondary N) is 1. The van der Waals surface area contributed by atoms with Crippen molar-refractivity contribution in [2.45, 2.75) is 39.0 Å². The van der Waals surface area contributed by atoms with Gasteiger partial charge in [0, 0.05) is 29.4 Å². The molecule has 1 aliphatic rings. The van der Waals surface area contributed by atoms with Crippen LogP contribution in [0.25, 0.3) is 0 Å². The van der Waals surface area contributed by atoms with E-state index in [0.717, 1.165) is 42.0 Å². The number of carbonyl (C=O) groups excluding carboxylic acids is 1. The number of anilines is 3. The average molecular weight is 365 g/mol. The van der Waals surface area contributed by atoms with Gasteiger partial charge in [-0.1, -0.05) is 32.0 Å². The van der Waals surface area contributed by atoms with Crippen LogP contribution in [0.3, 0.4) is 0 Å². The second-order valence-corrected chi connectivity index (χ2v) is 7.24. The van der Waals surface area contributed by atoms with E-state index in [1.54, 1.807) is 6.07 Å². The van der Waals surface area contributed by atoms with Crippen molar-refractivity contribution in [2.24, 2.45) is 0 Å². The van der Waals surface area contributed by atoms with Gasteiger partial charge in [0.05, 0.1) is 12.2 Å². The number of benzene rings is 1. The Morgan fingerprint density at radius 2 is 2.16 bits per heavy atom. The predicted molar refractivity (Wildman–Crippen MR) is 102 cm³/mol. The lowest BCUT2D eigenvalue weighted by Gasteiger charge is -2.31. The topological polar surface area (TPSA) is 84.4 Å². The normalized spacial score (nSPS) is 13.8. The Hall–Kier alpha value is -2.21. The lowest BCUT2D eigenvalue weighted by molar-refractivity contribution is -0.115. The molecule has 0 bridgehead atoms. The van der Waals surface area contributed by atoms with E-state index in [9.17, 15) is 4.79 Å². The monoisotopic (exact) mass is 364 g/mol. The number of halogens is 1. The van der Waals surface area contributed by atoms with E-state index in [0.29, 0.717) is 5.88 Å². The van der Waals surface area contributed by atoms with E-state index in [2.05, 4.69) is 15.4 Å². The molecule has 25 heavy (non-hydrogen) atoms. The Kier molecular flexibility index (Phi) is 5.62. The van der Waals surface area contributed by atoms with Crippen LogP contribution in [-0.4, -0.2) is 24.2 Å². The third-order valence-electron chi connectivity index (χ3n) is 4.26. The van der Waals surface area contributed by atoms with Crippen LogP contribution in [0.5, 0.6) is 0 Å². The first kappa shape index (κ1) is 19.1. The van der Waals surface area contributed by atoms with E-state index < -0.39 is 0 Å². The molecule has 3 N–H and O–H groups in total. The summed E-state index contributed by atoms with van der Waals surface area (Å²) >= 11 is 0. The summed E-state index contributed by atoms with van der Waals surface area (Å²) < 4.78 is 5.22. The Morgan fingerprint density at radius 1 is 1.40 bits per heavy atom. The minimum atomic E-state index is -0.123. The molecule has 0 fully saturated rings. The van der Waals surface area contributed by atoms with E-state index in [1.807, 2.05) is 39.0 Å². The largest absolute Gasteiger partial charge is 0.398 e. The number of aromatic nitrogens is 1. The average Bonchev–Trinajstić information content (AvgIpc) is 2.97. The summed E-state index contributed by atoms with van der Waals surface area (Å²) in [5.74, 6) is 0.261. The molecule has 2 aromatic rings. The van der Waals surface area contributed by atoms with Crippen molar-refractivity contribution < 1.29 is 9.32 Å². The SMILES string of the molecule is CC(C)(C)c1cc(NC(=O)CN2CCCc3c(N)cccc32)on1.Cl. The Labute approximate surface area is 154 Å². The zero-order valence-electron chi connectivity index (χ0n) is 14.8. The van der Waals surface area contributed by atoms with Gasteiger partial charge < -0.3 is 15.2 Å². The summed E-state index contributed by atoms with van der Waals surface area (Å²) in [6.07, 6.45) is 1.95. The van der Waals surface area contributed by atoms with Crippen LogP contribution in [0.2, 0.25) is 0 Å². The van der Waals surface area contributed by atoms with E-state index >= 15 is 0 Å². The lowest BCUT2D eigenvalue weighted by atomic mass is 9.92. The van der Waals surface area contributed by atoms with Crippen LogP contribution in [0.1, 0.15) is 38.4 Å². The fraction of sp³-hybridized carbons (Fsp3) is 0.444. The maximum Gasteiger partial charge on any atom is 0.246 e. The maximum absolute atomic E-state index is 12.4. The van der Waals surface area contributed by atoms with Crippen molar-refractivity contribution in [3.8, 4) is 0 Å². The Balaban J connectivity index is 0.00000225. The van der Waals surface area contributed by atoms with Gasteiger partial charge in [0.15, 0.2) is 0 Å². The molecule has 1 amide bonds. The highest BCUT2D eigenvalue weighted by molar-refractivity contribution is 5.93. The number of hydrogen-bond acceptors (Lipinski definition) is 5. The van der Waals surface area contributed by atoms with Crippen LogP contribution in [-0.2, 0) is 16.6 Å². The molecule has 136 valence electrons. The second-order valence-electron chi connectivity index (χ2n) is 7.24. The molecule has 0 atom stereocenters. The highest BCUT2D eigenvalue weighted by atomic mass is 35.5. The zero-order valence-corrected chi connectivity index (χ0v) is 15.7. The highest BCUT2D eigenvalue weighted by Crippen LogP contribution is 2.31. The van der Waals surface area contributed by atoms with Crippen molar-refractivity contribution in [1.29, 1.82) is 0 Å². The van der Waals surface area contributed by atoms with Gasteiger partial charge in [0.2, 0.25) is 11.8 Å². The number of fused-ring (bicyclic) bond motifs is 1. The first-order valence-electron chi connectivity index (χ1n) is 8.24. The zero-order chi connectivity index (χ0) is 17.3. The molecule has 0 unspecified atom stereocenters. The Bertz CT molecular complexity index is 752. The lowest BCUT2D eigenvalue weighted by Crippen LogP contribution is -2.37. The number of nitrogens with zero attached hydrogens (tertiary/aromatic N) is 2. The summed E-state index contributed by atoms with van der Waals surface area (Å²) in [4.78, 5) is 14.4. The molecule has 0 saturated carbocycles. The number of rotatable bonds is 3. The smallest absolute Gasteiger partial charge is 0.246 e. The van der Waals surface area contributed by atoms with Gasteiger partial charge >= 0.3 is 0 Å². The molecule has 7 heteroatoms. The first-order valence-corrected chi connectivity index (χ1v) is 8.24. The fourth-order valence-electron chi connectivity index (χ4n) is 2.93. The first-order chi connectivity index (χ1) is 11.3. The van der Waals surface area contributed by atoms with Crippen LogP contribution >= 0.6 is 12.4 Å². The quantitative estimate of drug-likeness (QED) is 0.816. The Morgan fingerprint density at radius 3 is 2.84 bits per heavy atom. The second kappa shape index (κ2) is 7.35. The van der Waals surface area contributed by atoms with Gasteiger partial charge in [-0.25, -0.2) is 0 Å². The number of amides is 1. The third kappa shape index (κ3) is 4.25. The van der Waals surface area contributed by atoms with E-state index in [4.69, 9.17) is 10.3 Å². The molecule has 0 spiro atoms. The van der Waals surface area contributed by atoms with Gasteiger partial charge in [-0.15, -0.1) is 12.4 Å². The van der Waals surface area contributed by atoms with Crippen LogP contribution in [0, 0.1) is 0 Å². The van der Waals surface area contributed by atoms with Gasteiger partial charge in [0.25, 0.3) is 0 Å². The standard InChI is InChI=1S/C18H24N4O2.ClH/c1-18(2,3)15-10-17(24-21-15)20-16(23)11-22-9-5-6-12-13(19)7-4-8-14(12)22;/h4,7-8,10H,5-6,9,11,19H2,1-3H3,(H,20,23);1H. The molecule has 1 aromatic heterocycles.